The molecule has 0 N–H and O–H groups in total. The van der Waals surface area contributed by atoms with Gasteiger partial charge < -0.3 is 13.3 Å². The van der Waals surface area contributed by atoms with E-state index in [1.807, 2.05) is 0 Å². The summed E-state index contributed by atoms with van der Waals surface area (Å²) >= 11 is 0. The molecule has 0 aliphatic heterocycles. The molecule has 1 aliphatic carbocycles. The SMILES string of the molecule is CCCCO[Si](OCCCC)(OCCCC)C1CCCCC1. The Bertz CT molecular complexity index is 228. The van der Waals surface area contributed by atoms with E-state index in [0.29, 0.717) is 5.54 Å². The highest BCUT2D eigenvalue weighted by Crippen LogP contribution is 2.39. The average molecular weight is 331 g/mol. The molecule has 132 valence electrons. The quantitative estimate of drug-likeness (QED) is 0.320. The van der Waals surface area contributed by atoms with Crippen molar-refractivity contribution in [2.45, 2.75) is 96.9 Å². The molecule has 1 aliphatic rings. The smallest absolute Gasteiger partial charge is 0.373 e. The van der Waals surface area contributed by atoms with Crippen LogP contribution in [0.15, 0.2) is 0 Å². The zero-order valence-electron chi connectivity index (χ0n) is 15.2. The van der Waals surface area contributed by atoms with Gasteiger partial charge in [-0.2, -0.15) is 0 Å². The fraction of sp³-hybridized carbons (Fsp3) is 1.00. The van der Waals surface area contributed by atoms with Crippen molar-refractivity contribution in [3.8, 4) is 0 Å². The maximum atomic E-state index is 6.40. The highest BCUT2D eigenvalue weighted by atomic mass is 28.4. The molecule has 0 spiro atoms. The van der Waals surface area contributed by atoms with Crippen molar-refractivity contribution in [1.29, 1.82) is 0 Å². The van der Waals surface area contributed by atoms with Crippen LogP contribution >= 0.6 is 0 Å². The summed E-state index contributed by atoms with van der Waals surface area (Å²) in [6.07, 6.45) is 13.3. The fourth-order valence-electron chi connectivity index (χ4n) is 3.01. The first kappa shape index (κ1) is 20.1. The monoisotopic (exact) mass is 330 g/mol. The normalized spacial score (nSPS) is 17.0. The molecule has 0 radical (unpaired) electrons. The van der Waals surface area contributed by atoms with Gasteiger partial charge in [0.1, 0.15) is 0 Å². The Morgan fingerprint density at radius 2 is 1.09 bits per heavy atom. The third kappa shape index (κ3) is 7.11. The largest absolute Gasteiger partial charge is 0.504 e. The Morgan fingerprint density at radius 1 is 0.682 bits per heavy atom. The highest BCUT2D eigenvalue weighted by Gasteiger charge is 2.49. The van der Waals surface area contributed by atoms with Crippen LogP contribution in [0.5, 0.6) is 0 Å². The minimum absolute atomic E-state index is 0.534. The van der Waals surface area contributed by atoms with E-state index in [0.717, 1.165) is 39.1 Å². The van der Waals surface area contributed by atoms with E-state index in [4.69, 9.17) is 13.3 Å². The molecule has 1 fully saturated rings. The van der Waals surface area contributed by atoms with Gasteiger partial charge in [0.05, 0.1) is 0 Å². The third-order valence-electron chi connectivity index (χ3n) is 4.51. The van der Waals surface area contributed by atoms with Crippen LogP contribution in [0.4, 0.5) is 0 Å². The fourth-order valence-corrected chi connectivity index (χ4v) is 6.37. The lowest BCUT2D eigenvalue weighted by Crippen LogP contribution is -2.51. The number of hydrogen-bond acceptors (Lipinski definition) is 3. The van der Waals surface area contributed by atoms with Crippen molar-refractivity contribution < 1.29 is 13.3 Å². The zero-order valence-corrected chi connectivity index (χ0v) is 16.2. The molecule has 0 saturated heterocycles. The van der Waals surface area contributed by atoms with Gasteiger partial charge >= 0.3 is 8.80 Å². The first-order chi connectivity index (χ1) is 10.8. The Balaban J connectivity index is 2.72. The minimum atomic E-state index is -2.51. The maximum Gasteiger partial charge on any atom is 0.504 e. The van der Waals surface area contributed by atoms with Crippen LogP contribution in [0.25, 0.3) is 0 Å². The first-order valence-electron chi connectivity index (χ1n) is 9.70. The number of rotatable bonds is 13. The summed E-state index contributed by atoms with van der Waals surface area (Å²) in [5.74, 6) is 0. The van der Waals surface area contributed by atoms with Gasteiger partial charge in [-0.05, 0) is 32.1 Å². The van der Waals surface area contributed by atoms with E-state index >= 15 is 0 Å². The predicted octanol–water partition coefficient (Wildman–Crippen LogP) is 5.71. The van der Waals surface area contributed by atoms with Crippen LogP contribution < -0.4 is 0 Å². The molecule has 0 unspecified atom stereocenters. The summed E-state index contributed by atoms with van der Waals surface area (Å²) < 4.78 is 19.2. The number of hydrogen-bond donors (Lipinski definition) is 0. The summed E-state index contributed by atoms with van der Waals surface area (Å²) in [7, 11) is -2.51. The zero-order chi connectivity index (χ0) is 16.1. The summed E-state index contributed by atoms with van der Waals surface area (Å²) in [4.78, 5) is 0. The third-order valence-corrected chi connectivity index (χ3v) is 7.91. The van der Waals surface area contributed by atoms with Gasteiger partial charge in [0.2, 0.25) is 0 Å². The standard InChI is InChI=1S/C18H38O3Si/c1-4-7-15-19-22(20-16-8-5-2,21-17-9-6-3)18-13-11-10-12-14-18/h18H,4-17H2,1-3H3. The lowest BCUT2D eigenvalue weighted by Gasteiger charge is -2.38. The van der Waals surface area contributed by atoms with Crippen molar-refractivity contribution in [3.05, 3.63) is 0 Å². The van der Waals surface area contributed by atoms with E-state index in [2.05, 4.69) is 20.8 Å². The van der Waals surface area contributed by atoms with E-state index in [1.165, 1.54) is 51.4 Å². The Labute approximate surface area is 139 Å². The maximum absolute atomic E-state index is 6.40. The van der Waals surface area contributed by atoms with Gasteiger partial charge in [0, 0.05) is 25.4 Å². The van der Waals surface area contributed by atoms with Crippen LogP contribution in [-0.4, -0.2) is 28.6 Å². The van der Waals surface area contributed by atoms with Crippen LogP contribution in [-0.2, 0) is 13.3 Å². The average Bonchev–Trinajstić information content (AvgIpc) is 2.56. The second-order valence-corrected chi connectivity index (χ2v) is 9.43. The Morgan fingerprint density at radius 3 is 1.45 bits per heavy atom. The molecular weight excluding hydrogens is 292 g/mol. The molecule has 22 heavy (non-hydrogen) atoms. The molecule has 1 rings (SSSR count). The second-order valence-electron chi connectivity index (χ2n) is 6.54. The van der Waals surface area contributed by atoms with Crippen molar-refractivity contribution in [2.75, 3.05) is 19.8 Å². The van der Waals surface area contributed by atoms with Gasteiger partial charge in [-0.3, -0.25) is 0 Å². The van der Waals surface area contributed by atoms with Gasteiger partial charge in [-0.15, -0.1) is 0 Å². The van der Waals surface area contributed by atoms with E-state index in [-0.39, 0.29) is 0 Å². The van der Waals surface area contributed by atoms with Crippen LogP contribution in [0.3, 0.4) is 0 Å². The van der Waals surface area contributed by atoms with Crippen molar-refractivity contribution in [3.63, 3.8) is 0 Å². The molecule has 0 aromatic heterocycles. The topological polar surface area (TPSA) is 27.7 Å². The molecular formula is C18H38O3Si. The Kier molecular flexibility index (Phi) is 11.5. The van der Waals surface area contributed by atoms with Crippen molar-refractivity contribution >= 4 is 8.80 Å². The van der Waals surface area contributed by atoms with E-state index < -0.39 is 8.80 Å². The molecule has 0 bridgehead atoms. The second kappa shape index (κ2) is 12.5. The molecule has 0 aromatic rings. The van der Waals surface area contributed by atoms with Gasteiger partial charge in [-0.1, -0.05) is 59.3 Å². The van der Waals surface area contributed by atoms with E-state index in [9.17, 15) is 0 Å². The van der Waals surface area contributed by atoms with Crippen LogP contribution in [0.2, 0.25) is 5.54 Å². The van der Waals surface area contributed by atoms with Crippen LogP contribution in [0.1, 0.15) is 91.4 Å². The summed E-state index contributed by atoms with van der Waals surface area (Å²) in [5, 5.41) is 0. The molecule has 3 nitrogen and oxygen atoms in total. The summed E-state index contributed by atoms with van der Waals surface area (Å²) in [6.45, 7) is 9.04. The van der Waals surface area contributed by atoms with Crippen molar-refractivity contribution in [2.24, 2.45) is 0 Å². The molecule has 4 heteroatoms. The molecule has 0 heterocycles. The van der Waals surface area contributed by atoms with Crippen LogP contribution in [0, 0.1) is 0 Å². The van der Waals surface area contributed by atoms with Gasteiger partial charge in [-0.25, -0.2) is 0 Å². The van der Waals surface area contributed by atoms with Gasteiger partial charge in [0.25, 0.3) is 0 Å². The predicted molar refractivity (Wildman–Crippen MR) is 95.2 cm³/mol. The van der Waals surface area contributed by atoms with E-state index in [1.54, 1.807) is 0 Å². The summed E-state index contributed by atoms with van der Waals surface area (Å²) in [6, 6.07) is 0. The minimum Gasteiger partial charge on any atom is -0.373 e. The van der Waals surface area contributed by atoms with Gasteiger partial charge in [0.15, 0.2) is 0 Å². The molecule has 1 saturated carbocycles. The Hall–Kier alpha value is 0.0969. The molecule has 0 aromatic carbocycles. The van der Waals surface area contributed by atoms with Crippen molar-refractivity contribution in [1.82, 2.24) is 0 Å². The lowest BCUT2D eigenvalue weighted by atomic mass is 10.0. The summed E-state index contributed by atoms with van der Waals surface area (Å²) in [5.41, 5.74) is 0.534. The highest BCUT2D eigenvalue weighted by molar-refractivity contribution is 6.62. The number of unbranched alkanes of at least 4 members (excludes halogenated alkanes) is 3. The lowest BCUT2D eigenvalue weighted by molar-refractivity contribution is 0.0423. The first-order valence-corrected chi connectivity index (χ1v) is 11.5. The molecule has 0 atom stereocenters. The molecule has 0 amide bonds.